The fraction of sp³-hybridized carbons (Fsp3) is 0.917. The molecule has 0 heterocycles. The SMILES string of the molecule is CC(C)N(C)CCNC(=O)C1(N)CCCC1.Cl.Cl. The lowest BCUT2D eigenvalue weighted by Crippen LogP contribution is -2.53. The lowest BCUT2D eigenvalue weighted by atomic mass is 9.98. The Morgan fingerprint density at radius 3 is 2.28 bits per heavy atom. The van der Waals surface area contributed by atoms with Gasteiger partial charge in [0, 0.05) is 19.1 Å². The van der Waals surface area contributed by atoms with E-state index in [0.717, 1.165) is 32.2 Å². The smallest absolute Gasteiger partial charge is 0.240 e. The minimum Gasteiger partial charge on any atom is -0.353 e. The molecule has 0 aromatic rings. The molecule has 1 amide bonds. The van der Waals surface area contributed by atoms with Crippen molar-refractivity contribution in [3.8, 4) is 0 Å². The van der Waals surface area contributed by atoms with Crippen LogP contribution in [0.15, 0.2) is 0 Å². The summed E-state index contributed by atoms with van der Waals surface area (Å²) in [6, 6.07) is 0.509. The third kappa shape index (κ3) is 5.74. The molecule has 0 atom stereocenters. The fourth-order valence-electron chi connectivity index (χ4n) is 2.01. The van der Waals surface area contributed by atoms with Gasteiger partial charge in [0.1, 0.15) is 0 Å². The highest BCUT2D eigenvalue weighted by atomic mass is 35.5. The molecule has 1 rings (SSSR count). The highest BCUT2D eigenvalue weighted by Crippen LogP contribution is 2.26. The number of carbonyl (C=O) groups excluding carboxylic acids is 1. The molecule has 18 heavy (non-hydrogen) atoms. The van der Waals surface area contributed by atoms with E-state index in [0.29, 0.717) is 12.6 Å². The van der Waals surface area contributed by atoms with E-state index >= 15 is 0 Å². The van der Waals surface area contributed by atoms with Crippen molar-refractivity contribution in [2.75, 3.05) is 20.1 Å². The van der Waals surface area contributed by atoms with Gasteiger partial charge in [-0.15, -0.1) is 24.8 Å². The van der Waals surface area contributed by atoms with E-state index in [-0.39, 0.29) is 30.7 Å². The molecule has 1 aliphatic carbocycles. The normalized spacial score (nSPS) is 17.2. The maximum Gasteiger partial charge on any atom is 0.240 e. The Morgan fingerprint density at radius 2 is 1.83 bits per heavy atom. The second-order valence-corrected chi connectivity index (χ2v) is 5.19. The molecule has 0 unspecified atom stereocenters. The van der Waals surface area contributed by atoms with Gasteiger partial charge >= 0.3 is 0 Å². The van der Waals surface area contributed by atoms with Gasteiger partial charge in [0.05, 0.1) is 5.54 Å². The van der Waals surface area contributed by atoms with Gasteiger partial charge in [-0.3, -0.25) is 4.79 Å². The van der Waals surface area contributed by atoms with Crippen LogP contribution in [-0.4, -0.2) is 42.5 Å². The van der Waals surface area contributed by atoms with E-state index in [1.165, 1.54) is 0 Å². The summed E-state index contributed by atoms with van der Waals surface area (Å²) < 4.78 is 0. The molecule has 0 aliphatic heterocycles. The minimum atomic E-state index is -0.587. The molecule has 0 aromatic heterocycles. The zero-order valence-corrected chi connectivity index (χ0v) is 13.2. The minimum absolute atomic E-state index is 0. The Balaban J connectivity index is 0. The first kappa shape index (κ1) is 20.3. The average molecular weight is 300 g/mol. The zero-order valence-electron chi connectivity index (χ0n) is 11.6. The van der Waals surface area contributed by atoms with Crippen molar-refractivity contribution in [1.82, 2.24) is 10.2 Å². The van der Waals surface area contributed by atoms with E-state index in [2.05, 4.69) is 31.1 Å². The van der Waals surface area contributed by atoms with Crippen LogP contribution in [0, 0.1) is 0 Å². The first-order chi connectivity index (χ1) is 7.46. The number of hydrogen-bond donors (Lipinski definition) is 2. The molecule has 1 fully saturated rings. The Bertz CT molecular complexity index is 243. The molecule has 0 saturated heterocycles. The quantitative estimate of drug-likeness (QED) is 0.810. The maximum atomic E-state index is 11.9. The molecule has 0 bridgehead atoms. The Hall–Kier alpha value is -0.0300. The molecular formula is C12H27Cl2N3O. The number of nitrogens with two attached hydrogens (primary N) is 1. The van der Waals surface area contributed by atoms with Gasteiger partial charge in [-0.2, -0.15) is 0 Å². The first-order valence-corrected chi connectivity index (χ1v) is 6.23. The Labute approximate surface area is 123 Å². The molecule has 0 aromatic carbocycles. The number of rotatable bonds is 5. The van der Waals surface area contributed by atoms with Crippen molar-refractivity contribution < 1.29 is 4.79 Å². The van der Waals surface area contributed by atoms with E-state index in [1.807, 2.05) is 0 Å². The predicted octanol–water partition coefficient (Wildman–Crippen LogP) is 1.56. The zero-order chi connectivity index (χ0) is 12.2. The molecule has 6 heteroatoms. The number of nitrogens with zero attached hydrogens (tertiary/aromatic N) is 1. The van der Waals surface area contributed by atoms with Crippen LogP contribution in [0.4, 0.5) is 0 Å². The summed E-state index contributed by atoms with van der Waals surface area (Å²) in [6.45, 7) is 5.85. The number of hydrogen-bond acceptors (Lipinski definition) is 3. The monoisotopic (exact) mass is 299 g/mol. The van der Waals surface area contributed by atoms with Crippen LogP contribution in [-0.2, 0) is 4.79 Å². The molecular weight excluding hydrogens is 273 g/mol. The van der Waals surface area contributed by atoms with Crippen LogP contribution in [0.3, 0.4) is 0 Å². The van der Waals surface area contributed by atoms with Gasteiger partial charge < -0.3 is 16.0 Å². The van der Waals surface area contributed by atoms with Gasteiger partial charge in [0.25, 0.3) is 0 Å². The Kier molecular flexibility index (Phi) is 10.1. The van der Waals surface area contributed by atoms with Crippen LogP contribution < -0.4 is 11.1 Å². The lowest BCUT2D eigenvalue weighted by molar-refractivity contribution is -0.126. The summed E-state index contributed by atoms with van der Waals surface area (Å²) >= 11 is 0. The van der Waals surface area contributed by atoms with Gasteiger partial charge in [-0.25, -0.2) is 0 Å². The van der Waals surface area contributed by atoms with E-state index in [1.54, 1.807) is 0 Å². The highest BCUT2D eigenvalue weighted by Gasteiger charge is 2.36. The topological polar surface area (TPSA) is 58.4 Å². The van der Waals surface area contributed by atoms with Crippen molar-refractivity contribution in [2.24, 2.45) is 5.73 Å². The number of nitrogens with one attached hydrogen (secondary N) is 1. The number of likely N-dealkylation sites (N-methyl/N-ethyl adjacent to an activating group) is 1. The summed E-state index contributed by atoms with van der Waals surface area (Å²) in [4.78, 5) is 14.1. The second kappa shape index (κ2) is 8.97. The first-order valence-electron chi connectivity index (χ1n) is 6.23. The third-order valence-corrected chi connectivity index (χ3v) is 3.58. The third-order valence-electron chi connectivity index (χ3n) is 3.58. The molecule has 0 radical (unpaired) electrons. The van der Waals surface area contributed by atoms with E-state index < -0.39 is 5.54 Å². The lowest BCUT2D eigenvalue weighted by Gasteiger charge is -2.25. The number of carbonyl (C=O) groups is 1. The van der Waals surface area contributed by atoms with Crippen LogP contribution >= 0.6 is 24.8 Å². The van der Waals surface area contributed by atoms with Gasteiger partial charge in [-0.1, -0.05) is 12.8 Å². The van der Waals surface area contributed by atoms with Gasteiger partial charge in [0.2, 0.25) is 5.91 Å². The summed E-state index contributed by atoms with van der Waals surface area (Å²) in [7, 11) is 2.06. The van der Waals surface area contributed by atoms with Crippen molar-refractivity contribution >= 4 is 30.7 Å². The second-order valence-electron chi connectivity index (χ2n) is 5.19. The van der Waals surface area contributed by atoms with Gasteiger partial charge in [0.15, 0.2) is 0 Å². The summed E-state index contributed by atoms with van der Waals surface area (Å²) in [5.74, 6) is 0.0298. The highest BCUT2D eigenvalue weighted by molar-refractivity contribution is 5.86. The van der Waals surface area contributed by atoms with Crippen molar-refractivity contribution in [1.29, 1.82) is 0 Å². The standard InChI is InChI=1S/C12H25N3O.2ClH/c1-10(2)15(3)9-8-14-11(16)12(13)6-4-5-7-12;;/h10H,4-9,13H2,1-3H3,(H,14,16);2*1H. The molecule has 3 N–H and O–H groups in total. The van der Waals surface area contributed by atoms with Gasteiger partial charge in [-0.05, 0) is 33.7 Å². The molecule has 0 spiro atoms. The Morgan fingerprint density at radius 1 is 1.33 bits per heavy atom. The van der Waals surface area contributed by atoms with Crippen molar-refractivity contribution in [3.63, 3.8) is 0 Å². The van der Waals surface area contributed by atoms with Crippen LogP contribution in [0.2, 0.25) is 0 Å². The van der Waals surface area contributed by atoms with E-state index in [4.69, 9.17) is 5.73 Å². The van der Waals surface area contributed by atoms with Crippen molar-refractivity contribution in [3.05, 3.63) is 0 Å². The molecule has 1 aliphatic rings. The average Bonchev–Trinajstić information content (AvgIpc) is 2.66. The fourth-order valence-corrected chi connectivity index (χ4v) is 2.01. The van der Waals surface area contributed by atoms with Crippen molar-refractivity contribution in [2.45, 2.75) is 51.1 Å². The van der Waals surface area contributed by atoms with Crippen LogP contribution in [0.1, 0.15) is 39.5 Å². The maximum absolute atomic E-state index is 11.9. The largest absolute Gasteiger partial charge is 0.353 e. The molecule has 110 valence electrons. The molecule has 4 nitrogen and oxygen atoms in total. The predicted molar refractivity (Wildman–Crippen MR) is 80.7 cm³/mol. The molecule has 1 saturated carbocycles. The number of halogens is 2. The number of amides is 1. The summed E-state index contributed by atoms with van der Waals surface area (Å²) in [5.41, 5.74) is 5.47. The van der Waals surface area contributed by atoms with Crippen LogP contribution in [0.25, 0.3) is 0 Å². The summed E-state index contributed by atoms with van der Waals surface area (Å²) in [5, 5.41) is 2.95. The van der Waals surface area contributed by atoms with Crippen LogP contribution in [0.5, 0.6) is 0 Å². The van der Waals surface area contributed by atoms with E-state index in [9.17, 15) is 4.79 Å². The summed E-state index contributed by atoms with van der Waals surface area (Å²) in [6.07, 6.45) is 3.82.